The maximum Gasteiger partial charge on any atom is 0.0952 e. The van der Waals surface area contributed by atoms with Crippen LogP contribution in [0.5, 0.6) is 0 Å². The molecule has 2 heterocycles. The molecule has 132 valence electrons. The highest BCUT2D eigenvalue weighted by atomic mass is 15.2. The van der Waals surface area contributed by atoms with Gasteiger partial charge >= 0.3 is 0 Å². The van der Waals surface area contributed by atoms with Gasteiger partial charge in [-0.1, -0.05) is 24.8 Å². The van der Waals surface area contributed by atoms with E-state index in [4.69, 9.17) is 0 Å². The van der Waals surface area contributed by atoms with E-state index in [1.165, 1.54) is 24.1 Å². The van der Waals surface area contributed by atoms with E-state index in [-0.39, 0.29) is 0 Å². The highest BCUT2D eigenvalue weighted by Gasteiger charge is 2.25. The van der Waals surface area contributed by atoms with Gasteiger partial charge in [0.15, 0.2) is 0 Å². The lowest BCUT2D eigenvalue weighted by atomic mass is 9.91. The number of aromatic nitrogens is 3. The van der Waals surface area contributed by atoms with Crippen LogP contribution in [0, 0.1) is 0 Å². The van der Waals surface area contributed by atoms with Gasteiger partial charge in [-0.2, -0.15) is 0 Å². The van der Waals surface area contributed by atoms with Crippen LogP contribution in [0.4, 0.5) is 0 Å². The molecular weight excluding hydrogens is 310 g/mol. The molecule has 1 atom stereocenters. The van der Waals surface area contributed by atoms with E-state index in [2.05, 4.69) is 62.8 Å². The largest absolute Gasteiger partial charge is 0.388 e. The minimum atomic E-state index is 0.389. The molecule has 0 bridgehead atoms. The smallest absolute Gasteiger partial charge is 0.0952 e. The topological polar surface area (TPSA) is 46.0 Å². The van der Waals surface area contributed by atoms with Gasteiger partial charge in [-0.25, -0.2) is 4.98 Å². The van der Waals surface area contributed by atoms with E-state index in [9.17, 15) is 0 Å². The normalized spacial score (nSPS) is 17.0. The van der Waals surface area contributed by atoms with E-state index < -0.39 is 0 Å². The summed E-state index contributed by atoms with van der Waals surface area (Å²) in [5.74, 6) is 0. The average Bonchev–Trinajstić information content (AvgIpc) is 3.08. The molecule has 1 unspecified atom stereocenters. The van der Waals surface area contributed by atoms with Crippen molar-refractivity contribution < 1.29 is 0 Å². The van der Waals surface area contributed by atoms with Gasteiger partial charge in [0.1, 0.15) is 0 Å². The minimum absolute atomic E-state index is 0.389. The summed E-state index contributed by atoms with van der Waals surface area (Å²) in [6.45, 7) is 6.12. The monoisotopic (exact) mass is 337 g/mol. The molecule has 25 heavy (non-hydrogen) atoms. The molecule has 1 N–H and O–H groups in total. The number of rotatable bonds is 8. The lowest BCUT2D eigenvalue weighted by molar-refractivity contribution is 0.206. The van der Waals surface area contributed by atoms with Crippen LogP contribution < -0.4 is 5.32 Å². The summed E-state index contributed by atoms with van der Waals surface area (Å²) in [7, 11) is 2.17. The molecule has 0 saturated heterocycles. The Morgan fingerprint density at radius 2 is 2.32 bits per heavy atom. The van der Waals surface area contributed by atoms with Gasteiger partial charge in [-0.05, 0) is 44.1 Å². The van der Waals surface area contributed by atoms with Gasteiger partial charge < -0.3 is 9.88 Å². The first-order valence-electron chi connectivity index (χ1n) is 8.92. The Hall–Kier alpha value is -2.40. The highest BCUT2D eigenvalue weighted by Crippen LogP contribution is 2.32. The van der Waals surface area contributed by atoms with Gasteiger partial charge in [-0.3, -0.25) is 9.88 Å². The fourth-order valence-electron chi connectivity index (χ4n) is 3.40. The van der Waals surface area contributed by atoms with Gasteiger partial charge in [0.2, 0.25) is 0 Å². The van der Waals surface area contributed by atoms with E-state index in [1.807, 2.05) is 18.6 Å². The zero-order valence-corrected chi connectivity index (χ0v) is 14.9. The van der Waals surface area contributed by atoms with Crippen molar-refractivity contribution in [2.45, 2.75) is 38.4 Å². The maximum absolute atomic E-state index is 4.64. The number of pyridine rings is 1. The van der Waals surface area contributed by atoms with Gasteiger partial charge in [0.25, 0.3) is 0 Å². The van der Waals surface area contributed by atoms with E-state index in [1.54, 1.807) is 6.20 Å². The Kier molecular flexibility index (Phi) is 6.01. The maximum atomic E-state index is 4.64. The molecule has 2 aromatic rings. The number of nitrogens with zero attached hydrogens (tertiary/aromatic N) is 4. The number of fused-ring (bicyclic) bond motifs is 1. The summed E-state index contributed by atoms with van der Waals surface area (Å²) in [5, 5.41) is 3.05. The second-order valence-electron chi connectivity index (χ2n) is 6.52. The first-order valence-corrected chi connectivity index (χ1v) is 8.92. The SMILES string of the molecule is C=CNC/C=C/Cn1cnc(CN(C)C2CCCc3cccnc32)c1. The van der Waals surface area contributed by atoms with Crippen molar-refractivity contribution in [2.24, 2.45) is 0 Å². The van der Waals surface area contributed by atoms with Gasteiger partial charge in [-0.15, -0.1) is 0 Å². The molecule has 0 aromatic carbocycles. The van der Waals surface area contributed by atoms with E-state index in [0.717, 1.165) is 31.7 Å². The first kappa shape index (κ1) is 17.4. The molecule has 5 nitrogen and oxygen atoms in total. The zero-order chi connectivity index (χ0) is 17.5. The van der Waals surface area contributed by atoms with Crippen LogP contribution in [0.15, 0.2) is 55.8 Å². The highest BCUT2D eigenvalue weighted by molar-refractivity contribution is 5.25. The molecule has 0 amide bonds. The second-order valence-corrected chi connectivity index (χ2v) is 6.52. The summed E-state index contributed by atoms with van der Waals surface area (Å²) < 4.78 is 2.11. The molecule has 0 spiro atoms. The van der Waals surface area contributed by atoms with Crippen LogP contribution in [0.2, 0.25) is 0 Å². The first-order chi connectivity index (χ1) is 12.3. The number of imidazole rings is 1. The molecule has 0 saturated carbocycles. The number of hydrogen-bond acceptors (Lipinski definition) is 4. The number of aryl methyl sites for hydroxylation is 1. The fraction of sp³-hybridized carbons (Fsp3) is 0.400. The molecule has 5 heteroatoms. The Bertz CT molecular complexity index is 718. The molecule has 0 aliphatic heterocycles. The Balaban J connectivity index is 1.58. The summed E-state index contributed by atoms with van der Waals surface area (Å²) in [4.78, 5) is 11.6. The standard InChI is InChI=1S/C20H27N5/c1-3-21-11-4-5-13-25-15-18(23-16-25)14-24(2)19-10-6-8-17-9-7-12-22-20(17)19/h3-5,7,9,12,15-16,19,21H,1,6,8,10-11,13-14H2,2H3/b5-4+. The molecule has 1 aliphatic carbocycles. The van der Waals surface area contributed by atoms with Crippen molar-refractivity contribution in [1.82, 2.24) is 24.8 Å². The van der Waals surface area contributed by atoms with Crippen LogP contribution >= 0.6 is 0 Å². The van der Waals surface area contributed by atoms with Crippen molar-refractivity contribution >= 4 is 0 Å². The fourth-order valence-corrected chi connectivity index (χ4v) is 3.40. The predicted molar refractivity (Wildman–Crippen MR) is 101 cm³/mol. The van der Waals surface area contributed by atoms with E-state index in [0.29, 0.717) is 6.04 Å². The third-order valence-electron chi connectivity index (χ3n) is 4.66. The molecular formula is C20H27N5. The van der Waals surface area contributed by atoms with Crippen molar-refractivity contribution in [2.75, 3.05) is 13.6 Å². The quantitative estimate of drug-likeness (QED) is 0.594. The van der Waals surface area contributed by atoms with Gasteiger partial charge in [0, 0.05) is 32.0 Å². The van der Waals surface area contributed by atoms with E-state index >= 15 is 0 Å². The molecule has 3 rings (SSSR count). The second kappa shape index (κ2) is 8.62. The Morgan fingerprint density at radius 3 is 3.20 bits per heavy atom. The van der Waals surface area contributed by atoms with Crippen molar-refractivity contribution in [1.29, 1.82) is 0 Å². The number of hydrogen-bond donors (Lipinski definition) is 1. The summed E-state index contributed by atoms with van der Waals surface area (Å²) in [6, 6.07) is 4.64. The van der Waals surface area contributed by atoms with Crippen LogP contribution in [-0.2, 0) is 19.5 Å². The molecule has 0 fully saturated rings. The third kappa shape index (κ3) is 4.57. The van der Waals surface area contributed by atoms with Crippen LogP contribution in [0.3, 0.4) is 0 Å². The van der Waals surface area contributed by atoms with Gasteiger partial charge in [0.05, 0.1) is 23.8 Å². The van der Waals surface area contributed by atoms with Crippen LogP contribution in [-0.4, -0.2) is 33.0 Å². The lowest BCUT2D eigenvalue weighted by Crippen LogP contribution is -2.28. The summed E-state index contributed by atoms with van der Waals surface area (Å²) >= 11 is 0. The molecule has 1 aliphatic rings. The zero-order valence-electron chi connectivity index (χ0n) is 14.9. The van der Waals surface area contributed by atoms with Crippen molar-refractivity contribution in [3.63, 3.8) is 0 Å². The predicted octanol–water partition coefficient (Wildman–Crippen LogP) is 3.08. The summed E-state index contributed by atoms with van der Waals surface area (Å²) in [5.41, 5.74) is 3.74. The van der Waals surface area contributed by atoms with Crippen LogP contribution in [0.25, 0.3) is 0 Å². The third-order valence-corrected chi connectivity index (χ3v) is 4.66. The average molecular weight is 337 g/mol. The molecule has 2 aromatic heterocycles. The van der Waals surface area contributed by atoms with Crippen molar-refractivity contribution in [3.8, 4) is 0 Å². The van der Waals surface area contributed by atoms with Crippen LogP contribution in [0.1, 0.15) is 35.8 Å². The molecule has 0 radical (unpaired) electrons. The Morgan fingerprint density at radius 1 is 1.40 bits per heavy atom. The summed E-state index contributed by atoms with van der Waals surface area (Å²) in [6.07, 6.45) is 15.4. The minimum Gasteiger partial charge on any atom is -0.388 e. The number of nitrogens with one attached hydrogen (secondary N) is 1. The lowest BCUT2D eigenvalue weighted by Gasteiger charge is -2.31. The Labute approximate surface area is 150 Å². The number of allylic oxidation sites excluding steroid dienone is 1. The van der Waals surface area contributed by atoms with Crippen molar-refractivity contribution in [3.05, 3.63) is 72.7 Å².